The summed E-state index contributed by atoms with van der Waals surface area (Å²) in [7, 11) is 0. The number of ether oxygens (including phenoxy) is 3. The van der Waals surface area contributed by atoms with Crippen molar-refractivity contribution in [1.29, 1.82) is 0 Å². The van der Waals surface area contributed by atoms with E-state index in [2.05, 4.69) is 5.32 Å². The molecule has 0 radical (unpaired) electrons. The molecule has 0 saturated carbocycles. The zero-order valence-electron chi connectivity index (χ0n) is 15.6. The van der Waals surface area contributed by atoms with Crippen molar-refractivity contribution < 1.29 is 28.6 Å². The maximum atomic E-state index is 12.4. The van der Waals surface area contributed by atoms with E-state index in [1.54, 1.807) is 49.6 Å². The van der Waals surface area contributed by atoms with E-state index in [0.29, 0.717) is 35.2 Å². The third-order valence-corrected chi connectivity index (χ3v) is 5.03. The predicted octanol–water partition coefficient (Wildman–Crippen LogP) is 2.70. The van der Waals surface area contributed by atoms with E-state index in [9.17, 15) is 14.4 Å². The summed E-state index contributed by atoms with van der Waals surface area (Å²) in [5.74, 6) is -0.476. The summed E-state index contributed by atoms with van der Waals surface area (Å²) in [4.78, 5) is 37.5. The minimum absolute atomic E-state index is 0.194. The van der Waals surface area contributed by atoms with Crippen molar-refractivity contribution in [2.45, 2.75) is 19.9 Å². The molecule has 0 bridgehead atoms. The van der Waals surface area contributed by atoms with Crippen LogP contribution < -0.4 is 14.8 Å². The molecule has 1 aliphatic heterocycles. The minimum Gasteiger partial charge on any atom is -0.486 e. The predicted molar refractivity (Wildman–Crippen MR) is 103 cm³/mol. The molecule has 0 saturated heterocycles. The fourth-order valence-electron chi connectivity index (χ4n) is 2.64. The number of hydrogen-bond acceptors (Lipinski definition) is 7. The van der Waals surface area contributed by atoms with E-state index >= 15 is 0 Å². The number of carbonyl (C=O) groups excluding carboxylic acids is 3. The lowest BCUT2D eigenvalue weighted by Gasteiger charge is -2.20. The van der Waals surface area contributed by atoms with Crippen LogP contribution in [0.2, 0.25) is 0 Å². The molecular formula is C20H21NO6S. The first kappa shape index (κ1) is 19.9. The number of nitrogens with one attached hydrogen (secondary N) is 1. The van der Waals surface area contributed by atoms with Crippen LogP contribution in [-0.4, -0.2) is 43.5 Å². The fraction of sp³-hybridized carbons (Fsp3) is 0.350. The van der Waals surface area contributed by atoms with Crippen LogP contribution in [0.5, 0.6) is 11.5 Å². The third kappa shape index (κ3) is 4.69. The molecule has 2 aromatic rings. The molecule has 7 nitrogen and oxygen atoms in total. The number of thiophene rings is 1. The first-order valence-electron chi connectivity index (χ1n) is 8.89. The molecule has 1 unspecified atom stereocenters. The van der Waals surface area contributed by atoms with Crippen molar-refractivity contribution in [1.82, 2.24) is 5.32 Å². The molecule has 0 aliphatic carbocycles. The number of Topliss-reactive ketones (excluding diaryl/α,β-unsaturated/α-hetero) is 1. The largest absolute Gasteiger partial charge is 0.486 e. The highest BCUT2D eigenvalue weighted by atomic mass is 32.1. The normalized spacial score (nSPS) is 13.7. The minimum atomic E-state index is -0.845. The summed E-state index contributed by atoms with van der Waals surface area (Å²) >= 11 is 1.28. The van der Waals surface area contributed by atoms with Crippen molar-refractivity contribution in [3.63, 3.8) is 0 Å². The molecule has 1 aromatic heterocycles. The topological polar surface area (TPSA) is 90.9 Å². The zero-order chi connectivity index (χ0) is 20.1. The molecule has 1 aromatic carbocycles. The van der Waals surface area contributed by atoms with Gasteiger partial charge in [-0.25, -0.2) is 4.79 Å². The molecule has 28 heavy (non-hydrogen) atoms. The van der Waals surface area contributed by atoms with Gasteiger partial charge in [0, 0.05) is 5.56 Å². The van der Waals surface area contributed by atoms with Gasteiger partial charge >= 0.3 is 5.97 Å². The quantitative estimate of drug-likeness (QED) is 0.565. The van der Waals surface area contributed by atoms with E-state index in [1.807, 2.05) is 0 Å². The van der Waals surface area contributed by atoms with E-state index in [-0.39, 0.29) is 17.6 Å². The van der Waals surface area contributed by atoms with Gasteiger partial charge in [-0.2, -0.15) is 0 Å². The number of benzene rings is 1. The molecule has 8 heteroatoms. The standard InChI is InChI=1S/C20H21NO6S/c1-12(2)18(21-19(23)17-4-3-9-28-17)20(24)27-11-14(22)13-5-6-15-16(10-13)26-8-7-25-15/h3-6,9-10,12,18H,7-8,11H2,1-2H3,(H,21,23). The van der Waals surface area contributed by atoms with Crippen LogP contribution in [0, 0.1) is 5.92 Å². The third-order valence-electron chi connectivity index (χ3n) is 4.16. The number of carbonyl (C=O) groups is 3. The van der Waals surface area contributed by atoms with E-state index in [1.165, 1.54) is 11.3 Å². The molecule has 2 heterocycles. The molecule has 1 atom stereocenters. The maximum absolute atomic E-state index is 12.4. The van der Waals surface area contributed by atoms with Gasteiger partial charge in [0.25, 0.3) is 5.91 Å². The van der Waals surface area contributed by atoms with Crippen LogP contribution in [0.1, 0.15) is 33.9 Å². The molecule has 0 fully saturated rings. The van der Waals surface area contributed by atoms with Crippen molar-refractivity contribution >= 4 is 29.0 Å². The zero-order valence-corrected chi connectivity index (χ0v) is 16.4. The Bertz CT molecular complexity index is 862. The lowest BCUT2D eigenvalue weighted by Crippen LogP contribution is -2.45. The van der Waals surface area contributed by atoms with Gasteiger partial charge in [0.1, 0.15) is 19.3 Å². The number of fused-ring (bicyclic) bond motifs is 1. The Labute approximate surface area is 166 Å². The average Bonchev–Trinajstić information content (AvgIpc) is 3.24. The summed E-state index contributed by atoms with van der Waals surface area (Å²) in [6.45, 7) is 4.05. The van der Waals surface area contributed by atoms with Crippen molar-refractivity contribution in [2.75, 3.05) is 19.8 Å². The SMILES string of the molecule is CC(C)C(NC(=O)c1cccs1)C(=O)OCC(=O)c1ccc2c(c1)OCCO2. The smallest absolute Gasteiger partial charge is 0.329 e. The second-order valence-corrected chi connectivity index (χ2v) is 7.51. The highest BCUT2D eigenvalue weighted by Crippen LogP contribution is 2.30. The highest BCUT2D eigenvalue weighted by molar-refractivity contribution is 7.12. The van der Waals surface area contributed by atoms with Crippen molar-refractivity contribution in [3.05, 3.63) is 46.2 Å². The number of esters is 1. The Morgan fingerprint density at radius 2 is 1.89 bits per heavy atom. The Balaban J connectivity index is 1.59. The van der Waals surface area contributed by atoms with Crippen LogP contribution in [0.25, 0.3) is 0 Å². The second kappa shape index (κ2) is 8.88. The van der Waals surface area contributed by atoms with Gasteiger partial charge in [-0.05, 0) is 35.6 Å². The van der Waals surface area contributed by atoms with Crippen LogP contribution in [0.4, 0.5) is 0 Å². The molecule has 0 spiro atoms. The lowest BCUT2D eigenvalue weighted by atomic mass is 10.0. The molecule has 1 amide bonds. The van der Waals surface area contributed by atoms with Gasteiger partial charge in [-0.15, -0.1) is 11.3 Å². The van der Waals surface area contributed by atoms with Gasteiger partial charge in [0.15, 0.2) is 23.9 Å². The Kier molecular flexibility index (Phi) is 6.30. The second-order valence-electron chi connectivity index (χ2n) is 6.56. The molecule has 3 rings (SSSR count). The summed E-state index contributed by atoms with van der Waals surface area (Å²) < 4.78 is 16.1. The first-order valence-corrected chi connectivity index (χ1v) is 9.77. The molecular weight excluding hydrogens is 382 g/mol. The molecule has 148 valence electrons. The summed E-state index contributed by atoms with van der Waals surface area (Å²) in [6.07, 6.45) is 0. The summed E-state index contributed by atoms with van der Waals surface area (Å²) in [5.41, 5.74) is 0.362. The monoisotopic (exact) mass is 403 g/mol. The van der Waals surface area contributed by atoms with E-state index in [4.69, 9.17) is 14.2 Å². The summed E-state index contributed by atoms with van der Waals surface area (Å²) in [6, 6.07) is 7.41. The van der Waals surface area contributed by atoms with E-state index in [0.717, 1.165) is 0 Å². The number of rotatable bonds is 7. The first-order chi connectivity index (χ1) is 13.5. The van der Waals surface area contributed by atoms with Crippen LogP contribution >= 0.6 is 11.3 Å². The number of amides is 1. The average molecular weight is 403 g/mol. The fourth-order valence-corrected chi connectivity index (χ4v) is 3.27. The maximum Gasteiger partial charge on any atom is 0.329 e. The highest BCUT2D eigenvalue weighted by Gasteiger charge is 2.27. The number of ketones is 1. The van der Waals surface area contributed by atoms with Crippen LogP contribution in [0.3, 0.4) is 0 Å². The molecule has 1 aliphatic rings. The molecule has 1 N–H and O–H groups in total. The van der Waals surface area contributed by atoms with Gasteiger partial charge in [0.2, 0.25) is 0 Å². The lowest BCUT2D eigenvalue weighted by molar-refractivity contribution is -0.145. The van der Waals surface area contributed by atoms with Gasteiger partial charge < -0.3 is 19.5 Å². The Hall–Kier alpha value is -2.87. The van der Waals surface area contributed by atoms with E-state index < -0.39 is 18.6 Å². The van der Waals surface area contributed by atoms with Gasteiger partial charge in [-0.3, -0.25) is 9.59 Å². The van der Waals surface area contributed by atoms with Gasteiger partial charge in [-0.1, -0.05) is 19.9 Å². The van der Waals surface area contributed by atoms with Crippen LogP contribution in [-0.2, 0) is 9.53 Å². The van der Waals surface area contributed by atoms with Crippen molar-refractivity contribution in [3.8, 4) is 11.5 Å². The van der Waals surface area contributed by atoms with Gasteiger partial charge in [0.05, 0.1) is 4.88 Å². The Morgan fingerprint density at radius 3 is 2.57 bits per heavy atom. The van der Waals surface area contributed by atoms with Crippen molar-refractivity contribution in [2.24, 2.45) is 5.92 Å². The summed E-state index contributed by atoms with van der Waals surface area (Å²) in [5, 5.41) is 4.45. The van der Waals surface area contributed by atoms with Crippen LogP contribution in [0.15, 0.2) is 35.7 Å². The number of hydrogen-bond donors (Lipinski definition) is 1. The Morgan fingerprint density at radius 1 is 1.14 bits per heavy atom.